The van der Waals surface area contributed by atoms with Gasteiger partial charge in [0.15, 0.2) is 0 Å². The molecule has 1 atom stereocenters. The van der Waals surface area contributed by atoms with E-state index < -0.39 is 0 Å². The van der Waals surface area contributed by atoms with Crippen LogP contribution in [-0.2, 0) is 6.42 Å². The van der Waals surface area contributed by atoms with Crippen molar-refractivity contribution in [3.05, 3.63) is 35.4 Å². The third-order valence-corrected chi connectivity index (χ3v) is 4.02. The van der Waals surface area contributed by atoms with Crippen LogP contribution in [0.3, 0.4) is 0 Å². The number of likely N-dealkylation sites (N-methyl/N-ethyl adjacent to an activating group) is 1. The number of β-amino-alcohol motifs (C(OH)–C–C–N with tert-alkyl or cyclic N) is 1. The molecule has 1 unspecified atom stereocenters. The molecule has 1 saturated heterocycles. The zero-order chi connectivity index (χ0) is 13.7. The van der Waals surface area contributed by atoms with Gasteiger partial charge in [-0.1, -0.05) is 31.2 Å². The van der Waals surface area contributed by atoms with Gasteiger partial charge in [0.05, 0.1) is 6.10 Å². The molecule has 2 rings (SSSR count). The maximum Gasteiger partial charge on any atom is 0.0916 e. The van der Waals surface area contributed by atoms with E-state index in [1.54, 1.807) is 0 Å². The summed E-state index contributed by atoms with van der Waals surface area (Å²) in [6, 6.07) is 8.37. The predicted octanol–water partition coefficient (Wildman–Crippen LogP) is 1.92. The van der Waals surface area contributed by atoms with Crippen LogP contribution in [0.1, 0.15) is 30.6 Å². The number of aliphatic hydroxyl groups is 1. The van der Waals surface area contributed by atoms with Gasteiger partial charge < -0.3 is 10.0 Å². The van der Waals surface area contributed by atoms with Gasteiger partial charge >= 0.3 is 0 Å². The zero-order valence-electron chi connectivity index (χ0n) is 12.2. The molecule has 0 radical (unpaired) electrons. The normalized spacial score (nSPS) is 20.2. The van der Waals surface area contributed by atoms with Crippen LogP contribution in [0.15, 0.2) is 24.3 Å². The van der Waals surface area contributed by atoms with E-state index in [0.717, 1.165) is 44.7 Å². The lowest BCUT2D eigenvalue weighted by atomic mass is 10.1. The molecule has 3 heteroatoms. The topological polar surface area (TPSA) is 26.7 Å². The second-order valence-corrected chi connectivity index (χ2v) is 5.57. The molecule has 1 heterocycles. The smallest absolute Gasteiger partial charge is 0.0916 e. The zero-order valence-corrected chi connectivity index (χ0v) is 12.2. The van der Waals surface area contributed by atoms with Crippen molar-refractivity contribution in [1.82, 2.24) is 9.80 Å². The van der Waals surface area contributed by atoms with Crippen LogP contribution >= 0.6 is 0 Å². The average molecular weight is 262 g/mol. The summed E-state index contributed by atoms with van der Waals surface area (Å²) in [7, 11) is 2.17. The van der Waals surface area contributed by atoms with Gasteiger partial charge in [0, 0.05) is 19.6 Å². The van der Waals surface area contributed by atoms with E-state index in [1.165, 1.54) is 12.0 Å². The molecule has 0 saturated carbocycles. The average Bonchev–Trinajstić information content (AvgIpc) is 2.64. The standard InChI is InChI=1S/C16H26N2O/c1-3-14-5-7-15(8-6-14)16(19)13-18-10-4-9-17(2)11-12-18/h5-8,16,19H,3-4,9-13H2,1-2H3. The van der Waals surface area contributed by atoms with Crippen molar-refractivity contribution in [1.29, 1.82) is 0 Å². The Labute approximate surface area is 116 Å². The Hall–Kier alpha value is -0.900. The molecule has 0 aromatic heterocycles. The first kappa shape index (κ1) is 14.5. The highest BCUT2D eigenvalue weighted by Gasteiger charge is 2.16. The first-order valence-electron chi connectivity index (χ1n) is 7.37. The van der Waals surface area contributed by atoms with E-state index in [4.69, 9.17) is 0 Å². The maximum atomic E-state index is 10.3. The molecule has 0 aliphatic carbocycles. The fourth-order valence-corrected chi connectivity index (χ4v) is 2.61. The van der Waals surface area contributed by atoms with Crippen molar-refractivity contribution in [2.24, 2.45) is 0 Å². The van der Waals surface area contributed by atoms with E-state index in [1.807, 2.05) is 0 Å². The maximum absolute atomic E-state index is 10.3. The molecule has 0 spiro atoms. The summed E-state index contributed by atoms with van der Waals surface area (Å²) in [5.41, 5.74) is 2.36. The van der Waals surface area contributed by atoms with Crippen LogP contribution in [0.2, 0.25) is 0 Å². The van der Waals surface area contributed by atoms with Crippen molar-refractivity contribution in [3.8, 4) is 0 Å². The SMILES string of the molecule is CCc1ccc(C(O)CN2CCCN(C)CC2)cc1. The number of nitrogens with zero attached hydrogens (tertiary/aromatic N) is 2. The molecule has 1 fully saturated rings. The van der Waals surface area contributed by atoms with E-state index in [-0.39, 0.29) is 6.10 Å². The Morgan fingerprint density at radius 3 is 2.53 bits per heavy atom. The summed E-state index contributed by atoms with van der Waals surface area (Å²) in [5, 5.41) is 10.3. The molecule has 19 heavy (non-hydrogen) atoms. The van der Waals surface area contributed by atoms with E-state index in [9.17, 15) is 5.11 Å². The van der Waals surface area contributed by atoms with Gasteiger partial charge in [0.25, 0.3) is 0 Å². The summed E-state index contributed by atoms with van der Waals surface area (Å²) in [6.45, 7) is 7.31. The third-order valence-electron chi connectivity index (χ3n) is 4.02. The van der Waals surface area contributed by atoms with Crippen LogP contribution in [0.5, 0.6) is 0 Å². The molecule has 1 aliphatic heterocycles. The monoisotopic (exact) mass is 262 g/mol. The molecule has 106 valence electrons. The molecular weight excluding hydrogens is 236 g/mol. The Morgan fingerprint density at radius 2 is 1.84 bits per heavy atom. The van der Waals surface area contributed by atoms with Crippen LogP contribution in [0, 0.1) is 0 Å². The molecule has 1 aliphatic rings. The number of aryl methyl sites for hydroxylation is 1. The molecule has 0 amide bonds. The predicted molar refractivity (Wildman–Crippen MR) is 79.3 cm³/mol. The quantitative estimate of drug-likeness (QED) is 0.898. The lowest BCUT2D eigenvalue weighted by molar-refractivity contribution is 0.115. The Kier molecular flexibility index (Phi) is 5.37. The number of hydrogen-bond acceptors (Lipinski definition) is 3. The van der Waals surface area contributed by atoms with Crippen molar-refractivity contribution >= 4 is 0 Å². The first-order chi connectivity index (χ1) is 9.19. The highest BCUT2D eigenvalue weighted by atomic mass is 16.3. The molecule has 0 bridgehead atoms. The molecule has 1 aromatic rings. The summed E-state index contributed by atoms with van der Waals surface area (Å²) in [4.78, 5) is 4.74. The highest BCUT2D eigenvalue weighted by Crippen LogP contribution is 2.16. The molecule has 1 N–H and O–H groups in total. The highest BCUT2D eigenvalue weighted by molar-refractivity contribution is 5.24. The van der Waals surface area contributed by atoms with E-state index in [0.29, 0.717) is 0 Å². The van der Waals surface area contributed by atoms with Crippen molar-refractivity contribution in [2.45, 2.75) is 25.9 Å². The van der Waals surface area contributed by atoms with Gasteiger partial charge in [-0.15, -0.1) is 0 Å². The van der Waals surface area contributed by atoms with Gasteiger partial charge in [-0.2, -0.15) is 0 Å². The lowest BCUT2D eigenvalue weighted by Gasteiger charge is -2.23. The van der Waals surface area contributed by atoms with Gasteiger partial charge in [0.1, 0.15) is 0 Å². The van der Waals surface area contributed by atoms with Gasteiger partial charge in [-0.25, -0.2) is 0 Å². The van der Waals surface area contributed by atoms with Gasteiger partial charge in [-0.3, -0.25) is 4.90 Å². The second kappa shape index (κ2) is 7.04. The Morgan fingerprint density at radius 1 is 1.11 bits per heavy atom. The van der Waals surface area contributed by atoms with Crippen molar-refractivity contribution < 1.29 is 5.11 Å². The summed E-state index contributed by atoms with van der Waals surface area (Å²) < 4.78 is 0. The molecular formula is C16H26N2O. The lowest BCUT2D eigenvalue weighted by Crippen LogP contribution is -2.32. The fourth-order valence-electron chi connectivity index (χ4n) is 2.61. The van der Waals surface area contributed by atoms with Gasteiger partial charge in [-0.05, 0) is 44.1 Å². The Balaban J connectivity index is 1.90. The number of rotatable bonds is 4. The summed E-state index contributed by atoms with van der Waals surface area (Å²) >= 11 is 0. The number of benzene rings is 1. The second-order valence-electron chi connectivity index (χ2n) is 5.57. The van der Waals surface area contributed by atoms with Crippen LogP contribution in [-0.4, -0.2) is 54.7 Å². The first-order valence-corrected chi connectivity index (χ1v) is 7.37. The van der Waals surface area contributed by atoms with Crippen LogP contribution in [0.4, 0.5) is 0 Å². The largest absolute Gasteiger partial charge is 0.387 e. The van der Waals surface area contributed by atoms with E-state index in [2.05, 4.69) is 48.0 Å². The number of hydrogen-bond donors (Lipinski definition) is 1. The van der Waals surface area contributed by atoms with E-state index >= 15 is 0 Å². The molecule has 1 aromatic carbocycles. The Bertz CT molecular complexity index is 377. The minimum Gasteiger partial charge on any atom is -0.387 e. The fraction of sp³-hybridized carbons (Fsp3) is 0.625. The summed E-state index contributed by atoms with van der Waals surface area (Å²) in [5.74, 6) is 0. The van der Waals surface area contributed by atoms with Crippen molar-refractivity contribution in [2.75, 3.05) is 39.8 Å². The minimum atomic E-state index is -0.366. The van der Waals surface area contributed by atoms with Crippen molar-refractivity contribution in [3.63, 3.8) is 0 Å². The minimum absolute atomic E-state index is 0.366. The van der Waals surface area contributed by atoms with Crippen LogP contribution < -0.4 is 0 Å². The number of aliphatic hydroxyl groups excluding tert-OH is 1. The molecule has 3 nitrogen and oxygen atoms in total. The summed E-state index contributed by atoms with van der Waals surface area (Å²) in [6.07, 6.45) is 1.88. The third kappa shape index (κ3) is 4.30. The van der Waals surface area contributed by atoms with Gasteiger partial charge in [0.2, 0.25) is 0 Å². The van der Waals surface area contributed by atoms with Crippen LogP contribution in [0.25, 0.3) is 0 Å².